The van der Waals surface area contributed by atoms with Crippen LogP contribution in [0, 0.1) is 5.82 Å². The predicted octanol–water partition coefficient (Wildman–Crippen LogP) is 2.73. The molecule has 1 amide bonds. The van der Waals surface area contributed by atoms with Crippen molar-refractivity contribution in [3.05, 3.63) is 59.4 Å². The lowest BCUT2D eigenvalue weighted by Gasteiger charge is -2.12. The van der Waals surface area contributed by atoms with Crippen molar-refractivity contribution in [2.45, 2.75) is 13.5 Å². The third-order valence-corrected chi connectivity index (χ3v) is 3.17. The van der Waals surface area contributed by atoms with Crippen LogP contribution in [-0.4, -0.2) is 25.4 Å². The zero-order valence-electron chi connectivity index (χ0n) is 13.3. The largest absolute Gasteiger partial charge is 0.490 e. The fraction of sp³-hybridized carbons (Fsp3) is 0.222. The number of hydrogen-bond acceptors (Lipinski definition) is 4. The number of nitrogens with one attached hydrogen (secondary N) is 1. The fourth-order valence-electron chi connectivity index (χ4n) is 1.98. The van der Waals surface area contributed by atoms with Gasteiger partial charge in [-0.1, -0.05) is 12.1 Å². The molecule has 1 N–H and O–H groups in total. The molecule has 24 heavy (non-hydrogen) atoms. The number of hydrogen-bond donors (Lipinski definition) is 1. The van der Waals surface area contributed by atoms with Gasteiger partial charge in [-0.3, -0.25) is 9.59 Å². The Balaban J connectivity index is 1.88. The average Bonchev–Trinajstić information content (AvgIpc) is 2.60. The summed E-state index contributed by atoms with van der Waals surface area (Å²) < 4.78 is 23.7. The minimum absolute atomic E-state index is 0.193. The molecule has 0 aromatic heterocycles. The second-order valence-electron chi connectivity index (χ2n) is 4.95. The summed E-state index contributed by atoms with van der Waals surface area (Å²) in [5.41, 5.74) is 1.25. The number of ether oxygens (including phenoxy) is 2. The van der Waals surface area contributed by atoms with Gasteiger partial charge < -0.3 is 14.8 Å². The van der Waals surface area contributed by atoms with Crippen LogP contribution >= 0.6 is 0 Å². The summed E-state index contributed by atoms with van der Waals surface area (Å²) in [6.45, 7) is 2.31. The molecular weight excluding hydrogens is 313 g/mol. The van der Waals surface area contributed by atoms with Gasteiger partial charge in [0.1, 0.15) is 12.1 Å². The van der Waals surface area contributed by atoms with Crippen molar-refractivity contribution in [3.8, 4) is 11.5 Å². The summed E-state index contributed by atoms with van der Waals surface area (Å²) in [6, 6.07) is 10.6. The lowest BCUT2D eigenvalue weighted by molar-refractivity contribution is -0.123. The van der Waals surface area contributed by atoms with E-state index in [-0.39, 0.29) is 24.9 Å². The summed E-state index contributed by atoms with van der Waals surface area (Å²) in [4.78, 5) is 22.6. The van der Waals surface area contributed by atoms with Crippen molar-refractivity contribution >= 4 is 12.2 Å². The van der Waals surface area contributed by atoms with Gasteiger partial charge in [0.25, 0.3) is 5.91 Å². The first-order valence-corrected chi connectivity index (χ1v) is 7.48. The maximum Gasteiger partial charge on any atom is 0.258 e. The molecule has 0 unspecified atom stereocenters. The molecule has 0 atom stereocenters. The molecular formula is C18H18FNO4. The van der Waals surface area contributed by atoms with Crippen LogP contribution in [0.4, 0.5) is 4.39 Å². The Morgan fingerprint density at radius 1 is 1.12 bits per heavy atom. The number of carbonyl (C=O) groups excluding carboxylic acids is 2. The molecule has 0 aliphatic heterocycles. The molecule has 5 nitrogen and oxygen atoms in total. The molecule has 0 fully saturated rings. The predicted molar refractivity (Wildman–Crippen MR) is 86.7 cm³/mol. The van der Waals surface area contributed by atoms with E-state index in [1.54, 1.807) is 30.3 Å². The molecule has 126 valence electrons. The van der Waals surface area contributed by atoms with Crippen LogP contribution in [0.1, 0.15) is 22.8 Å². The molecule has 0 saturated carbocycles. The number of aldehydes is 1. The zero-order chi connectivity index (χ0) is 17.4. The molecule has 2 aromatic rings. The van der Waals surface area contributed by atoms with Gasteiger partial charge in [-0.15, -0.1) is 0 Å². The van der Waals surface area contributed by atoms with Crippen LogP contribution in [0.3, 0.4) is 0 Å². The van der Waals surface area contributed by atoms with E-state index in [0.717, 1.165) is 5.56 Å². The zero-order valence-corrected chi connectivity index (χ0v) is 13.3. The minimum Gasteiger partial charge on any atom is -0.490 e. The van der Waals surface area contributed by atoms with E-state index in [1.807, 2.05) is 6.92 Å². The van der Waals surface area contributed by atoms with Crippen molar-refractivity contribution in [1.82, 2.24) is 5.32 Å². The summed E-state index contributed by atoms with van der Waals surface area (Å²) in [5.74, 6) is 0.157. The molecule has 0 bridgehead atoms. The second kappa shape index (κ2) is 8.67. The lowest BCUT2D eigenvalue weighted by atomic mass is 10.2. The summed E-state index contributed by atoms with van der Waals surface area (Å²) in [7, 11) is 0. The number of carbonyl (C=O) groups is 2. The molecule has 0 heterocycles. The monoisotopic (exact) mass is 331 g/mol. The van der Waals surface area contributed by atoms with Gasteiger partial charge in [0.05, 0.1) is 6.61 Å². The Morgan fingerprint density at radius 2 is 1.88 bits per heavy atom. The van der Waals surface area contributed by atoms with E-state index in [0.29, 0.717) is 30.0 Å². The van der Waals surface area contributed by atoms with Crippen molar-refractivity contribution in [1.29, 1.82) is 0 Å². The van der Waals surface area contributed by atoms with Gasteiger partial charge in [0, 0.05) is 12.1 Å². The highest BCUT2D eigenvalue weighted by Crippen LogP contribution is 2.27. The maximum absolute atomic E-state index is 12.8. The van der Waals surface area contributed by atoms with Gasteiger partial charge >= 0.3 is 0 Å². The van der Waals surface area contributed by atoms with E-state index in [4.69, 9.17) is 9.47 Å². The van der Waals surface area contributed by atoms with E-state index in [2.05, 4.69) is 5.32 Å². The summed E-state index contributed by atoms with van der Waals surface area (Å²) in [6.07, 6.45) is 0.710. The Morgan fingerprint density at radius 3 is 2.54 bits per heavy atom. The van der Waals surface area contributed by atoms with Crippen LogP contribution in [0.15, 0.2) is 42.5 Å². The minimum atomic E-state index is -0.323. The molecule has 0 aliphatic rings. The van der Waals surface area contributed by atoms with E-state index < -0.39 is 0 Å². The third-order valence-electron chi connectivity index (χ3n) is 3.17. The number of rotatable bonds is 8. The highest BCUT2D eigenvalue weighted by molar-refractivity contribution is 5.78. The summed E-state index contributed by atoms with van der Waals surface area (Å²) in [5, 5.41) is 2.68. The standard InChI is InChI=1S/C18H18FNO4/c1-2-23-17-9-14(11-21)5-8-16(17)24-12-18(22)20-10-13-3-6-15(19)7-4-13/h3-9,11H,2,10,12H2,1H3,(H,20,22). The number of halogens is 1. The van der Waals surface area contributed by atoms with Gasteiger partial charge in [0.2, 0.25) is 0 Å². The number of benzene rings is 2. The van der Waals surface area contributed by atoms with Crippen molar-refractivity contribution in [2.75, 3.05) is 13.2 Å². The van der Waals surface area contributed by atoms with E-state index in [1.165, 1.54) is 12.1 Å². The highest BCUT2D eigenvalue weighted by atomic mass is 19.1. The van der Waals surface area contributed by atoms with Crippen LogP contribution in [0.2, 0.25) is 0 Å². The normalized spacial score (nSPS) is 10.1. The Bertz CT molecular complexity index is 701. The SMILES string of the molecule is CCOc1cc(C=O)ccc1OCC(=O)NCc1ccc(F)cc1. The maximum atomic E-state index is 12.8. The van der Waals surface area contributed by atoms with Crippen molar-refractivity contribution in [3.63, 3.8) is 0 Å². The van der Waals surface area contributed by atoms with Crippen LogP contribution in [0.5, 0.6) is 11.5 Å². The molecule has 0 radical (unpaired) electrons. The molecule has 0 saturated heterocycles. The van der Waals surface area contributed by atoms with Crippen LogP contribution in [-0.2, 0) is 11.3 Å². The molecule has 0 spiro atoms. The fourth-order valence-corrected chi connectivity index (χ4v) is 1.98. The third kappa shape index (κ3) is 5.08. The van der Waals surface area contributed by atoms with Crippen LogP contribution < -0.4 is 14.8 Å². The molecule has 0 aliphatic carbocycles. The molecule has 6 heteroatoms. The van der Waals surface area contributed by atoms with Gasteiger partial charge in [-0.05, 0) is 42.8 Å². The van der Waals surface area contributed by atoms with Crippen molar-refractivity contribution < 1.29 is 23.5 Å². The molecule has 2 rings (SSSR count). The Hall–Kier alpha value is -2.89. The van der Waals surface area contributed by atoms with Crippen LogP contribution in [0.25, 0.3) is 0 Å². The quantitative estimate of drug-likeness (QED) is 0.756. The average molecular weight is 331 g/mol. The lowest BCUT2D eigenvalue weighted by Crippen LogP contribution is -2.28. The van der Waals surface area contributed by atoms with Gasteiger partial charge in [-0.2, -0.15) is 0 Å². The topological polar surface area (TPSA) is 64.6 Å². The second-order valence-corrected chi connectivity index (χ2v) is 4.95. The Kier molecular flexibility index (Phi) is 6.31. The Labute approximate surface area is 139 Å². The van der Waals surface area contributed by atoms with Crippen molar-refractivity contribution in [2.24, 2.45) is 0 Å². The van der Waals surface area contributed by atoms with E-state index >= 15 is 0 Å². The van der Waals surface area contributed by atoms with Gasteiger partial charge in [-0.25, -0.2) is 4.39 Å². The highest BCUT2D eigenvalue weighted by Gasteiger charge is 2.09. The first-order chi connectivity index (χ1) is 11.6. The van der Waals surface area contributed by atoms with E-state index in [9.17, 15) is 14.0 Å². The molecule has 2 aromatic carbocycles. The number of amides is 1. The summed E-state index contributed by atoms with van der Waals surface area (Å²) >= 11 is 0. The first kappa shape index (κ1) is 17.5. The smallest absolute Gasteiger partial charge is 0.258 e. The first-order valence-electron chi connectivity index (χ1n) is 7.48. The van der Waals surface area contributed by atoms with Gasteiger partial charge in [0.15, 0.2) is 18.1 Å².